The quantitative estimate of drug-likeness (QED) is 0.740. The van der Waals surface area contributed by atoms with Gasteiger partial charge >= 0.3 is 5.97 Å². The van der Waals surface area contributed by atoms with Crippen LogP contribution in [0.1, 0.15) is 62.7 Å². The minimum Gasteiger partial charge on any atom is -0.460 e. The van der Waals surface area contributed by atoms with Gasteiger partial charge in [0.05, 0.1) is 12.3 Å². The Bertz CT molecular complexity index is 380. The first-order valence-electron chi connectivity index (χ1n) is 6.12. The molecule has 0 aliphatic heterocycles. The number of aromatic nitrogens is 1. The smallest absolute Gasteiger partial charge is 0.376 e. The molecule has 0 amide bonds. The number of oxazole rings is 1. The Kier molecular flexibility index (Phi) is 4.73. The summed E-state index contributed by atoms with van der Waals surface area (Å²) in [4.78, 5) is 16.1. The molecular weight excluding hydrogens is 218 g/mol. The Hall–Kier alpha value is -1.32. The Morgan fingerprint density at radius 3 is 2.47 bits per heavy atom. The fraction of sp³-hybridized carbons (Fsp3) is 0.692. The first-order valence-corrected chi connectivity index (χ1v) is 6.12. The van der Waals surface area contributed by atoms with Gasteiger partial charge in [-0.05, 0) is 18.8 Å². The number of ether oxygens (including phenoxy) is 1. The van der Waals surface area contributed by atoms with Crippen LogP contribution in [0.5, 0.6) is 0 Å². The normalized spacial score (nSPS) is 11.2. The monoisotopic (exact) mass is 239 g/mol. The van der Waals surface area contributed by atoms with Gasteiger partial charge in [-0.2, -0.15) is 0 Å². The molecule has 0 aliphatic rings. The summed E-state index contributed by atoms with van der Waals surface area (Å²) in [6, 6.07) is 0. The Morgan fingerprint density at radius 2 is 2.00 bits per heavy atom. The third-order valence-electron chi connectivity index (χ3n) is 2.29. The van der Waals surface area contributed by atoms with E-state index in [2.05, 4.69) is 18.8 Å². The van der Waals surface area contributed by atoms with Gasteiger partial charge in [0.25, 0.3) is 0 Å². The summed E-state index contributed by atoms with van der Waals surface area (Å²) in [7, 11) is 0. The van der Waals surface area contributed by atoms with E-state index in [0.29, 0.717) is 24.1 Å². The second kappa shape index (κ2) is 5.84. The van der Waals surface area contributed by atoms with Crippen molar-refractivity contribution in [3.05, 3.63) is 17.3 Å². The molecule has 0 atom stereocenters. The number of esters is 1. The van der Waals surface area contributed by atoms with Crippen molar-refractivity contribution in [2.45, 2.75) is 47.0 Å². The number of nitrogens with zero attached hydrogens (tertiary/aromatic N) is 1. The second-order valence-corrected chi connectivity index (χ2v) is 4.80. The zero-order valence-corrected chi connectivity index (χ0v) is 11.2. The first-order chi connectivity index (χ1) is 7.95. The molecule has 1 rings (SSSR count). The standard InChI is InChI=1S/C13H21NO3/c1-6-16-13(15)12-11(9(4)5)14-10(17-12)7-8(2)3/h8-9H,6-7H2,1-5H3. The number of carbonyl (C=O) groups is 1. The van der Waals surface area contributed by atoms with Crippen LogP contribution in [-0.2, 0) is 11.2 Å². The van der Waals surface area contributed by atoms with Crippen molar-refractivity contribution >= 4 is 5.97 Å². The molecule has 0 N–H and O–H groups in total. The molecule has 1 aromatic rings. The van der Waals surface area contributed by atoms with E-state index in [9.17, 15) is 4.79 Å². The van der Waals surface area contributed by atoms with Crippen LogP contribution < -0.4 is 0 Å². The van der Waals surface area contributed by atoms with Crippen LogP contribution in [0.25, 0.3) is 0 Å². The highest BCUT2D eigenvalue weighted by molar-refractivity contribution is 5.87. The summed E-state index contributed by atoms with van der Waals surface area (Å²) in [5, 5.41) is 0. The molecule has 17 heavy (non-hydrogen) atoms. The molecule has 0 radical (unpaired) electrons. The van der Waals surface area contributed by atoms with E-state index in [1.54, 1.807) is 6.92 Å². The van der Waals surface area contributed by atoms with Gasteiger partial charge < -0.3 is 9.15 Å². The van der Waals surface area contributed by atoms with Crippen molar-refractivity contribution in [2.75, 3.05) is 6.61 Å². The van der Waals surface area contributed by atoms with E-state index in [-0.39, 0.29) is 11.7 Å². The molecule has 0 saturated carbocycles. The summed E-state index contributed by atoms with van der Waals surface area (Å²) in [5.41, 5.74) is 0.694. The molecule has 0 fully saturated rings. The number of rotatable bonds is 5. The Balaban J connectivity index is 3.00. The Labute approximate surface area is 102 Å². The van der Waals surface area contributed by atoms with Crippen LogP contribution in [0.3, 0.4) is 0 Å². The SMILES string of the molecule is CCOC(=O)c1oc(CC(C)C)nc1C(C)C. The molecular formula is C13H21NO3. The number of hydrogen-bond donors (Lipinski definition) is 0. The Morgan fingerprint density at radius 1 is 1.35 bits per heavy atom. The summed E-state index contributed by atoms with van der Waals surface area (Å²) >= 11 is 0. The predicted molar refractivity (Wildman–Crippen MR) is 65.1 cm³/mol. The largest absolute Gasteiger partial charge is 0.460 e. The van der Waals surface area contributed by atoms with Crippen LogP contribution in [0, 0.1) is 5.92 Å². The van der Waals surface area contributed by atoms with Gasteiger partial charge in [0.2, 0.25) is 5.76 Å². The highest BCUT2D eigenvalue weighted by Gasteiger charge is 2.23. The molecule has 1 aromatic heterocycles. The maximum Gasteiger partial charge on any atom is 0.376 e. The molecule has 4 nitrogen and oxygen atoms in total. The highest BCUT2D eigenvalue weighted by Crippen LogP contribution is 2.22. The van der Waals surface area contributed by atoms with E-state index in [0.717, 1.165) is 6.42 Å². The van der Waals surface area contributed by atoms with Crippen LogP contribution in [-0.4, -0.2) is 17.6 Å². The van der Waals surface area contributed by atoms with Crippen molar-refractivity contribution < 1.29 is 13.9 Å². The van der Waals surface area contributed by atoms with Crippen molar-refractivity contribution in [1.29, 1.82) is 0 Å². The second-order valence-electron chi connectivity index (χ2n) is 4.80. The third kappa shape index (κ3) is 3.58. The van der Waals surface area contributed by atoms with E-state index < -0.39 is 5.97 Å². The highest BCUT2D eigenvalue weighted by atomic mass is 16.5. The summed E-state index contributed by atoms with van der Waals surface area (Å²) in [6.07, 6.45) is 0.735. The maximum absolute atomic E-state index is 11.7. The van der Waals surface area contributed by atoms with Crippen molar-refractivity contribution in [2.24, 2.45) is 5.92 Å². The average Bonchev–Trinajstić information content (AvgIpc) is 2.61. The summed E-state index contributed by atoms with van der Waals surface area (Å²) < 4.78 is 10.5. The molecule has 0 bridgehead atoms. The minimum absolute atomic E-state index is 0.152. The maximum atomic E-state index is 11.7. The summed E-state index contributed by atoms with van der Waals surface area (Å²) in [6.45, 7) is 10.3. The average molecular weight is 239 g/mol. The van der Waals surface area contributed by atoms with Crippen molar-refractivity contribution in [1.82, 2.24) is 4.98 Å². The molecule has 1 heterocycles. The lowest BCUT2D eigenvalue weighted by atomic mass is 10.1. The van der Waals surface area contributed by atoms with Gasteiger partial charge in [-0.25, -0.2) is 9.78 Å². The van der Waals surface area contributed by atoms with Crippen molar-refractivity contribution in [3.8, 4) is 0 Å². The van der Waals surface area contributed by atoms with Crippen LogP contribution >= 0.6 is 0 Å². The minimum atomic E-state index is -0.418. The lowest BCUT2D eigenvalue weighted by Gasteiger charge is -2.02. The number of hydrogen-bond acceptors (Lipinski definition) is 4. The molecule has 96 valence electrons. The van der Waals surface area contributed by atoms with Gasteiger partial charge in [0, 0.05) is 6.42 Å². The van der Waals surface area contributed by atoms with Crippen LogP contribution in [0.2, 0.25) is 0 Å². The zero-order chi connectivity index (χ0) is 13.0. The topological polar surface area (TPSA) is 52.3 Å². The summed E-state index contributed by atoms with van der Waals surface area (Å²) in [5.74, 6) is 1.06. The van der Waals surface area contributed by atoms with Gasteiger partial charge in [-0.15, -0.1) is 0 Å². The lowest BCUT2D eigenvalue weighted by Crippen LogP contribution is -2.07. The molecule has 4 heteroatoms. The molecule has 0 spiro atoms. The van der Waals surface area contributed by atoms with Gasteiger partial charge in [-0.3, -0.25) is 0 Å². The lowest BCUT2D eigenvalue weighted by molar-refractivity contribution is 0.0485. The molecule has 0 aliphatic carbocycles. The van der Waals surface area contributed by atoms with Crippen LogP contribution in [0.4, 0.5) is 0 Å². The van der Waals surface area contributed by atoms with Crippen molar-refractivity contribution in [3.63, 3.8) is 0 Å². The predicted octanol–water partition coefficient (Wildman–Crippen LogP) is 3.17. The number of carbonyl (C=O) groups excluding carboxylic acids is 1. The zero-order valence-electron chi connectivity index (χ0n) is 11.2. The van der Waals surface area contributed by atoms with Crippen LogP contribution in [0.15, 0.2) is 4.42 Å². The van der Waals surface area contributed by atoms with E-state index >= 15 is 0 Å². The third-order valence-corrected chi connectivity index (χ3v) is 2.29. The van der Waals surface area contributed by atoms with E-state index in [1.807, 2.05) is 13.8 Å². The molecule has 0 aromatic carbocycles. The fourth-order valence-electron chi connectivity index (χ4n) is 1.55. The van der Waals surface area contributed by atoms with Gasteiger partial charge in [0.15, 0.2) is 5.89 Å². The molecule has 0 saturated heterocycles. The van der Waals surface area contributed by atoms with Gasteiger partial charge in [0.1, 0.15) is 0 Å². The first kappa shape index (κ1) is 13.7. The van der Waals surface area contributed by atoms with E-state index in [1.165, 1.54) is 0 Å². The molecule has 0 unspecified atom stereocenters. The van der Waals surface area contributed by atoms with Gasteiger partial charge in [-0.1, -0.05) is 27.7 Å². The fourth-order valence-corrected chi connectivity index (χ4v) is 1.55. The van der Waals surface area contributed by atoms with E-state index in [4.69, 9.17) is 9.15 Å².